The second kappa shape index (κ2) is 5.03. The molecular formula is C9H18N4O3S. The molecule has 17 heavy (non-hydrogen) atoms. The van der Waals surface area contributed by atoms with Crippen LogP contribution >= 0.6 is 0 Å². The fourth-order valence-electron chi connectivity index (χ4n) is 1.34. The molecule has 0 saturated carbocycles. The van der Waals surface area contributed by atoms with Gasteiger partial charge in [-0.2, -0.15) is 5.10 Å². The Morgan fingerprint density at radius 2 is 2.18 bits per heavy atom. The average Bonchev–Trinajstić information content (AvgIpc) is 2.50. The molecule has 0 saturated heterocycles. The molecule has 0 aromatic carbocycles. The van der Waals surface area contributed by atoms with Crippen molar-refractivity contribution in [1.29, 1.82) is 0 Å². The summed E-state index contributed by atoms with van der Waals surface area (Å²) in [6.07, 6.45) is 0. The molecule has 0 aliphatic heterocycles. The van der Waals surface area contributed by atoms with Gasteiger partial charge in [-0.25, -0.2) is 13.1 Å². The van der Waals surface area contributed by atoms with Crippen molar-refractivity contribution < 1.29 is 13.5 Å². The molecule has 0 aliphatic carbocycles. The lowest BCUT2D eigenvalue weighted by Crippen LogP contribution is -2.30. The van der Waals surface area contributed by atoms with Gasteiger partial charge >= 0.3 is 0 Å². The van der Waals surface area contributed by atoms with E-state index < -0.39 is 10.0 Å². The van der Waals surface area contributed by atoms with E-state index in [0.29, 0.717) is 5.69 Å². The highest BCUT2D eigenvalue weighted by Crippen LogP contribution is 2.20. The Morgan fingerprint density at radius 1 is 1.59 bits per heavy atom. The van der Waals surface area contributed by atoms with Crippen LogP contribution < -0.4 is 10.5 Å². The van der Waals surface area contributed by atoms with E-state index in [4.69, 9.17) is 10.8 Å². The smallest absolute Gasteiger partial charge is 0.246 e. The molecule has 0 bridgehead atoms. The van der Waals surface area contributed by atoms with Crippen molar-refractivity contribution in [2.45, 2.75) is 18.7 Å². The number of sulfonamides is 1. The molecule has 1 rings (SSSR count). The predicted molar refractivity (Wildman–Crippen MR) is 63.8 cm³/mol. The number of nitrogens with one attached hydrogen (secondary N) is 1. The number of anilines is 1. The van der Waals surface area contributed by atoms with Gasteiger partial charge < -0.3 is 10.8 Å². The van der Waals surface area contributed by atoms with Crippen LogP contribution in [0.1, 0.15) is 12.6 Å². The minimum atomic E-state index is -3.68. The quantitative estimate of drug-likeness (QED) is 0.644. The maximum absolute atomic E-state index is 12.0. The zero-order valence-corrected chi connectivity index (χ0v) is 11.0. The Balaban J connectivity index is 2.98. The van der Waals surface area contributed by atoms with Crippen LogP contribution in [0, 0.1) is 12.8 Å². The lowest BCUT2D eigenvalue weighted by molar-refractivity contribution is 0.238. The maximum Gasteiger partial charge on any atom is 0.246 e. The molecule has 4 N–H and O–H groups in total. The van der Waals surface area contributed by atoms with Crippen molar-refractivity contribution in [2.24, 2.45) is 13.0 Å². The molecule has 8 heteroatoms. The van der Waals surface area contributed by atoms with Crippen molar-refractivity contribution in [3.05, 3.63) is 5.69 Å². The number of aryl methyl sites for hydroxylation is 1. The van der Waals surface area contributed by atoms with Gasteiger partial charge in [0.05, 0.1) is 5.69 Å². The molecule has 0 fully saturated rings. The molecule has 1 unspecified atom stereocenters. The first kappa shape index (κ1) is 13.9. The molecule has 1 aromatic heterocycles. The number of aromatic nitrogens is 2. The second-order valence-corrected chi connectivity index (χ2v) is 5.77. The highest BCUT2D eigenvalue weighted by Gasteiger charge is 2.24. The number of rotatable bonds is 5. The fraction of sp³-hybridized carbons (Fsp3) is 0.667. The molecule has 0 radical (unpaired) electrons. The largest absolute Gasteiger partial charge is 0.396 e. The van der Waals surface area contributed by atoms with Crippen LogP contribution in [0.25, 0.3) is 0 Å². The van der Waals surface area contributed by atoms with Crippen LogP contribution in [0.2, 0.25) is 0 Å². The van der Waals surface area contributed by atoms with Gasteiger partial charge in [-0.3, -0.25) is 4.68 Å². The van der Waals surface area contributed by atoms with Crippen LogP contribution in [0.15, 0.2) is 4.90 Å². The molecule has 7 nitrogen and oxygen atoms in total. The minimum absolute atomic E-state index is 0.00476. The highest BCUT2D eigenvalue weighted by molar-refractivity contribution is 7.89. The molecule has 98 valence electrons. The summed E-state index contributed by atoms with van der Waals surface area (Å²) in [6.45, 7) is 3.45. The van der Waals surface area contributed by atoms with Gasteiger partial charge in [0.2, 0.25) is 10.0 Å². The third-order valence-corrected chi connectivity index (χ3v) is 4.10. The van der Waals surface area contributed by atoms with E-state index in [1.54, 1.807) is 20.9 Å². The number of nitrogen functional groups attached to an aromatic ring is 1. The molecule has 0 spiro atoms. The SMILES string of the molecule is Cc1c(S(=O)(=O)NCC(C)CO)c(N)nn1C. The van der Waals surface area contributed by atoms with E-state index in [1.807, 2.05) is 0 Å². The van der Waals surface area contributed by atoms with Crippen LogP contribution in [-0.4, -0.2) is 36.5 Å². The first-order chi connectivity index (χ1) is 7.79. The number of aliphatic hydroxyl groups is 1. The van der Waals surface area contributed by atoms with Gasteiger partial charge in [0, 0.05) is 20.2 Å². The summed E-state index contributed by atoms with van der Waals surface area (Å²) in [7, 11) is -2.05. The Hall–Kier alpha value is -1.12. The topological polar surface area (TPSA) is 110 Å². The summed E-state index contributed by atoms with van der Waals surface area (Å²) in [6, 6.07) is 0. The van der Waals surface area contributed by atoms with Gasteiger partial charge in [0.15, 0.2) is 5.82 Å². The summed E-state index contributed by atoms with van der Waals surface area (Å²) in [5.41, 5.74) is 6.05. The fourth-order valence-corrected chi connectivity index (χ4v) is 2.82. The molecule has 0 aliphatic rings. The molecule has 1 aromatic rings. The molecule has 1 atom stereocenters. The summed E-state index contributed by atoms with van der Waals surface area (Å²) in [5, 5.41) is 12.7. The lowest BCUT2D eigenvalue weighted by Gasteiger charge is -2.10. The maximum atomic E-state index is 12.0. The minimum Gasteiger partial charge on any atom is -0.396 e. The second-order valence-electron chi connectivity index (χ2n) is 4.06. The van der Waals surface area contributed by atoms with E-state index in [9.17, 15) is 8.42 Å². The number of aliphatic hydroxyl groups excluding tert-OH is 1. The van der Waals surface area contributed by atoms with Crippen molar-refractivity contribution in [2.75, 3.05) is 18.9 Å². The molecule has 1 heterocycles. The van der Waals surface area contributed by atoms with Gasteiger partial charge in [0.1, 0.15) is 4.90 Å². The standard InChI is InChI=1S/C9H18N4O3S/c1-6(5-14)4-11-17(15,16)8-7(2)13(3)12-9(8)10/h6,11,14H,4-5H2,1-3H3,(H2,10,12). The Bertz CT molecular complexity index is 495. The van der Waals surface area contributed by atoms with Crippen LogP contribution in [-0.2, 0) is 17.1 Å². The summed E-state index contributed by atoms with van der Waals surface area (Å²) in [5.74, 6) is -0.169. The van der Waals surface area contributed by atoms with Crippen molar-refractivity contribution in [3.63, 3.8) is 0 Å². The number of nitrogens with zero attached hydrogens (tertiary/aromatic N) is 2. The Kier molecular flexibility index (Phi) is 4.12. The first-order valence-corrected chi connectivity index (χ1v) is 6.67. The molecular weight excluding hydrogens is 244 g/mol. The van der Waals surface area contributed by atoms with Crippen LogP contribution in [0.5, 0.6) is 0 Å². The zero-order valence-electron chi connectivity index (χ0n) is 10.1. The van der Waals surface area contributed by atoms with Gasteiger partial charge in [-0.05, 0) is 12.8 Å². The predicted octanol–water partition coefficient (Wildman–Crippen LogP) is -0.783. The summed E-state index contributed by atoms with van der Waals surface area (Å²) >= 11 is 0. The highest BCUT2D eigenvalue weighted by atomic mass is 32.2. The summed E-state index contributed by atoms with van der Waals surface area (Å²) in [4.78, 5) is 0.00476. The van der Waals surface area contributed by atoms with Crippen molar-refractivity contribution in [1.82, 2.24) is 14.5 Å². The zero-order chi connectivity index (χ0) is 13.2. The third-order valence-electron chi connectivity index (χ3n) is 2.51. The Labute approximate surface area is 101 Å². The van der Waals surface area contributed by atoms with Crippen molar-refractivity contribution in [3.8, 4) is 0 Å². The third kappa shape index (κ3) is 2.96. The van der Waals surface area contributed by atoms with E-state index >= 15 is 0 Å². The van der Waals surface area contributed by atoms with Crippen LogP contribution in [0.4, 0.5) is 5.82 Å². The first-order valence-electron chi connectivity index (χ1n) is 5.19. The van der Waals surface area contributed by atoms with Gasteiger partial charge in [-0.15, -0.1) is 0 Å². The lowest BCUT2D eigenvalue weighted by atomic mass is 10.2. The Morgan fingerprint density at radius 3 is 2.59 bits per heavy atom. The summed E-state index contributed by atoms with van der Waals surface area (Å²) < 4.78 is 27.8. The average molecular weight is 262 g/mol. The van der Waals surface area contributed by atoms with Crippen molar-refractivity contribution >= 4 is 15.8 Å². The number of hydrogen-bond donors (Lipinski definition) is 3. The van der Waals surface area contributed by atoms with Crippen LogP contribution in [0.3, 0.4) is 0 Å². The van der Waals surface area contributed by atoms with Gasteiger partial charge in [0.25, 0.3) is 0 Å². The van der Waals surface area contributed by atoms with E-state index in [1.165, 1.54) is 4.68 Å². The molecule has 0 amide bonds. The van der Waals surface area contributed by atoms with E-state index in [-0.39, 0.29) is 29.8 Å². The number of hydrogen-bond acceptors (Lipinski definition) is 5. The van der Waals surface area contributed by atoms with E-state index in [0.717, 1.165) is 0 Å². The van der Waals surface area contributed by atoms with E-state index in [2.05, 4.69) is 9.82 Å². The number of nitrogens with two attached hydrogens (primary N) is 1. The van der Waals surface area contributed by atoms with Gasteiger partial charge in [-0.1, -0.05) is 6.92 Å². The normalized spacial score (nSPS) is 13.9. The monoisotopic (exact) mass is 262 g/mol.